The van der Waals surface area contributed by atoms with Crippen LogP contribution < -0.4 is 14.2 Å². The van der Waals surface area contributed by atoms with Crippen LogP contribution in [0.1, 0.15) is 53.2 Å². The molecular formula is C41H44Cl2N4O6. The van der Waals surface area contributed by atoms with Crippen molar-refractivity contribution in [3.63, 3.8) is 0 Å². The zero-order chi connectivity index (χ0) is 37.1. The molecular weight excluding hydrogens is 715 g/mol. The van der Waals surface area contributed by atoms with E-state index in [1.807, 2.05) is 70.1 Å². The van der Waals surface area contributed by atoms with Gasteiger partial charge in [0.05, 0.1) is 60.6 Å². The summed E-state index contributed by atoms with van der Waals surface area (Å²) in [5, 5.41) is 0.962. The lowest BCUT2D eigenvalue weighted by atomic mass is 9.77. The van der Waals surface area contributed by atoms with Gasteiger partial charge in [0, 0.05) is 19.0 Å². The summed E-state index contributed by atoms with van der Waals surface area (Å²) in [5.74, 6) is 2.90. The van der Waals surface area contributed by atoms with Gasteiger partial charge in [-0.15, -0.1) is 0 Å². The van der Waals surface area contributed by atoms with Crippen LogP contribution in [-0.4, -0.2) is 78.5 Å². The number of carbonyl (C=O) groups is 2. The maximum Gasteiger partial charge on any atom is 0.229 e. The van der Waals surface area contributed by atoms with Gasteiger partial charge in [0.25, 0.3) is 0 Å². The fourth-order valence-electron chi connectivity index (χ4n) is 7.97. The van der Waals surface area contributed by atoms with E-state index in [1.54, 1.807) is 33.7 Å². The molecule has 0 bridgehead atoms. The lowest BCUT2D eigenvalue weighted by Crippen LogP contribution is -2.42. The lowest BCUT2D eigenvalue weighted by Gasteiger charge is -2.35. The number of furan rings is 1. The van der Waals surface area contributed by atoms with Crippen molar-refractivity contribution in [2.24, 2.45) is 11.3 Å². The molecule has 3 aromatic carbocycles. The maximum absolute atomic E-state index is 14.5. The summed E-state index contributed by atoms with van der Waals surface area (Å²) in [7, 11) is 4.74. The minimum absolute atomic E-state index is 0.0666. The van der Waals surface area contributed by atoms with Gasteiger partial charge in [-0.05, 0) is 111 Å². The van der Waals surface area contributed by atoms with Gasteiger partial charge in [0.2, 0.25) is 17.4 Å². The Balaban J connectivity index is 1.05. The molecule has 10 nitrogen and oxygen atoms in total. The van der Waals surface area contributed by atoms with Crippen molar-refractivity contribution in [3.8, 4) is 17.2 Å². The molecule has 0 aliphatic carbocycles. The van der Waals surface area contributed by atoms with E-state index in [1.165, 1.54) is 0 Å². The standard InChI is InChI=1S/C41H44Cl2N4O6/c1-50-35-22-28(23-36(51-2)38(35)52-3)25-46-19-15-41(40(46)49,24-27-10-11-31(42)32(43)21-27)14-18-45-16-12-29(13-17-45)37(48)39-44-33-8-4-5-9-34(33)47(39)26-30-7-6-20-53-30/h4-11,20-23,29H,12-19,24-26H2,1-3H3. The van der Waals surface area contributed by atoms with E-state index in [0.29, 0.717) is 72.0 Å². The molecule has 278 valence electrons. The van der Waals surface area contributed by atoms with Gasteiger partial charge in [-0.25, -0.2) is 4.98 Å². The smallest absolute Gasteiger partial charge is 0.229 e. The number of methoxy groups -OCH3 is 3. The number of amides is 1. The number of Topliss-reactive ketones (excluding diaryl/α,β-unsaturated/α-hetero) is 1. The van der Waals surface area contributed by atoms with Gasteiger partial charge in [-0.3, -0.25) is 9.59 Å². The number of benzene rings is 3. The number of hydrogen-bond acceptors (Lipinski definition) is 8. The second-order valence-corrected chi connectivity index (χ2v) is 14.9. The number of halogens is 2. The zero-order valence-corrected chi connectivity index (χ0v) is 31.8. The Morgan fingerprint density at radius 2 is 1.64 bits per heavy atom. The predicted octanol–water partition coefficient (Wildman–Crippen LogP) is 7.96. The zero-order valence-electron chi connectivity index (χ0n) is 30.3. The third kappa shape index (κ3) is 7.63. The van der Waals surface area contributed by atoms with Crippen LogP contribution in [-0.2, 0) is 24.3 Å². The van der Waals surface area contributed by atoms with E-state index >= 15 is 0 Å². The highest BCUT2D eigenvalue weighted by Gasteiger charge is 2.46. The molecule has 0 spiro atoms. The molecule has 2 fully saturated rings. The van der Waals surface area contributed by atoms with Gasteiger partial charge >= 0.3 is 0 Å². The fourth-order valence-corrected chi connectivity index (χ4v) is 8.29. The second-order valence-electron chi connectivity index (χ2n) is 14.0. The van der Waals surface area contributed by atoms with Crippen molar-refractivity contribution in [2.75, 3.05) is 47.5 Å². The summed E-state index contributed by atoms with van der Waals surface area (Å²) in [6, 6.07) is 21.0. The van der Waals surface area contributed by atoms with Crippen LogP contribution >= 0.6 is 23.2 Å². The van der Waals surface area contributed by atoms with Gasteiger partial charge < -0.3 is 33.0 Å². The Morgan fingerprint density at radius 3 is 2.32 bits per heavy atom. The lowest BCUT2D eigenvalue weighted by molar-refractivity contribution is -0.137. The number of hydrogen-bond donors (Lipinski definition) is 0. The first kappa shape index (κ1) is 36.8. The van der Waals surface area contributed by atoms with Crippen molar-refractivity contribution in [1.29, 1.82) is 0 Å². The van der Waals surface area contributed by atoms with Crippen LogP contribution in [0.5, 0.6) is 17.2 Å². The van der Waals surface area contributed by atoms with Crippen LogP contribution in [0.15, 0.2) is 77.4 Å². The van der Waals surface area contributed by atoms with Crippen LogP contribution in [0.25, 0.3) is 11.0 Å². The molecule has 12 heteroatoms. The van der Waals surface area contributed by atoms with Crippen molar-refractivity contribution >= 4 is 45.9 Å². The molecule has 2 aliphatic rings. The van der Waals surface area contributed by atoms with E-state index in [-0.39, 0.29) is 17.6 Å². The summed E-state index contributed by atoms with van der Waals surface area (Å²) in [6.07, 6.45) is 5.03. The summed E-state index contributed by atoms with van der Waals surface area (Å²) in [6.45, 7) is 3.74. The Morgan fingerprint density at radius 1 is 0.887 bits per heavy atom. The number of imidazole rings is 1. The molecule has 1 atom stereocenters. The first-order chi connectivity index (χ1) is 25.7. The van der Waals surface area contributed by atoms with E-state index in [0.717, 1.165) is 60.4 Å². The third-order valence-electron chi connectivity index (χ3n) is 10.9. The summed E-state index contributed by atoms with van der Waals surface area (Å²) < 4.78 is 24.3. The molecule has 2 saturated heterocycles. The highest BCUT2D eigenvalue weighted by Crippen LogP contribution is 2.43. The van der Waals surface area contributed by atoms with Crippen molar-refractivity contribution in [2.45, 2.75) is 45.2 Å². The number of carbonyl (C=O) groups excluding carboxylic acids is 2. The number of piperidine rings is 1. The van der Waals surface area contributed by atoms with Gasteiger partial charge in [-0.2, -0.15) is 0 Å². The largest absolute Gasteiger partial charge is 0.493 e. The number of ketones is 1. The Bertz CT molecular complexity index is 2070. The van der Waals surface area contributed by atoms with Crippen LogP contribution in [0, 0.1) is 11.3 Å². The average Bonchev–Trinajstić information content (AvgIpc) is 3.91. The quantitative estimate of drug-likeness (QED) is 0.105. The molecule has 2 aliphatic heterocycles. The maximum atomic E-state index is 14.5. The number of rotatable bonds is 14. The van der Waals surface area contributed by atoms with Crippen LogP contribution in [0.3, 0.4) is 0 Å². The van der Waals surface area contributed by atoms with Crippen molar-refractivity contribution in [3.05, 3.63) is 106 Å². The average molecular weight is 760 g/mol. The molecule has 1 amide bonds. The molecule has 0 saturated carbocycles. The monoisotopic (exact) mass is 758 g/mol. The van der Waals surface area contributed by atoms with Crippen LogP contribution in [0.2, 0.25) is 10.0 Å². The molecule has 2 aromatic heterocycles. The van der Waals surface area contributed by atoms with Crippen molar-refractivity contribution in [1.82, 2.24) is 19.4 Å². The van der Waals surface area contributed by atoms with E-state index in [4.69, 9.17) is 46.8 Å². The Kier molecular flexibility index (Phi) is 11.0. The molecule has 0 N–H and O–H groups in total. The van der Waals surface area contributed by atoms with E-state index in [9.17, 15) is 9.59 Å². The molecule has 1 unspecified atom stereocenters. The van der Waals surface area contributed by atoms with E-state index in [2.05, 4.69) is 4.90 Å². The van der Waals surface area contributed by atoms with Gasteiger partial charge in [0.15, 0.2) is 17.3 Å². The molecule has 0 radical (unpaired) electrons. The first-order valence-corrected chi connectivity index (χ1v) is 18.7. The predicted molar refractivity (Wildman–Crippen MR) is 204 cm³/mol. The van der Waals surface area contributed by atoms with Gasteiger partial charge in [-0.1, -0.05) is 41.4 Å². The Labute approximate surface area is 319 Å². The summed E-state index contributed by atoms with van der Waals surface area (Å²) in [4.78, 5) is 37.6. The second kappa shape index (κ2) is 15.8. The number of likely N-dealkylation sites (tertiary alicyclic amines) is 2. The fraction of sp³-hybridized carbons (Fsp3) is 0.390. The molecule has 7 rings (SSSR count). The summed E-state index contributed by atoms with van der Waals surface area (Å²) >= 11 is 12.7. The normalized spacial score (nSPS) is 18.2. The number of aromatic nitrogens is 2. The molecule has 4 heterocycles. The topological polar surface area (TPSA) is 99.3 Å². The first-order valence-electron chi connectivity index (χ1n) is 18.0. The summed E-state index contributed by atoms with van der Waals surface area (Å²) in [5.41, 5.74) is 2.96. The SMILES string of the molecule is COc1cc(CN2CCC(CCN3CCC(C(=O)c4nc5ccccc5n4Cc4ccco4)CC3)(Cc3ccc(Cl)c(Cl)c3)C2=O)cc(OC)c1OC. The Hall–Kier alpha value is -4.51. The minimum Gasteiger partial charge on any atom is -0.493 e. The van der Waals surface area contributed by atoms with Gasteiger partial charge in [0.1, 0.15) is 5.76 Å². The van der Waals surface area contributed by atoms with Crippen LogP contribution in [0.4, 0.5) is 0 Å². The van der Waals surface area contributed by atoms with Crippen molar-refractivity contribution < 1.29 is 28.2 Å². The number of fused-ring (bicyclic) bond motifs is 1. The molecule has 53 heavy (non-hydrogen) atoms. The van der Waals surface area contributed by atoms with E-state index < -0.39 is 5.41 Å². The molecule has 5 aromatic rings. The highest BCUT2D eigenvalue weighted by molar-refractivity contribution is 6.42. The highest BCUT2D eigenvalue weighted by atomic mass is 35.5. The third-order valence-corrected chi connectivity index (χ3v) is 11.6. The minimum atomic E-state index is -0.624. The number of para-hydroxylation sites is 2. The number of nitrogens with zero attached hydrogens (tertiary/aromatic N) is 4. The number of ether oxygens (including phenoxy) is 3.